The minimum Gasteiger partial charge on any atom is -0.352 e. The van der Waals surface area contributed by atoms with Crippen molar-refractivity contribution in [3.05, 3.63) is 23.2 Å². The van der Waals surface area contributed by atoms with Crippen LogP contribution < -0.4 is 10.0 Å². The van der Waals surface area contributed by atoms with Gasteiger partial charge in [-0.3, -0.25) is 4.79 Å². The first kappa shape index (κ1) is 21.2. The number of amides is 1. The molecule has 0 radical (unpaired) electrons. The lowest BCUT2D eigenvalue weighted by Gasteiger charge is -2.29. The van der Waals surface area contributed by atoms with E-state index in [0.29, 0.717) is 5.92 Å². The van der Waals surface area contributed by atoms with E-state index in [1.54, 1.807) is 18.2 Å². The van der Waals surface area contributed by atoms with Gasteiger partial charge in [0.2, 0.25) is 15.9 Å². The van der Waals surface area contributed by atoms with Gasteiger partial charge in [0.05, 0.1) is 20.1 Å². The summed E-state index contributed by atoms with van der Waals surface area (Å²) in [6, 6.07) is 4.21. The van der Waals surface area contributed by atoms with Crippen LogP contribution in [-0.4, -0.2) is 31.4 Å². The summed E-state index contributed by atoms with van der Waals surface area (Å²) < 4.78 is 29.3. The summed E-state index contributed by atoms with van der Waals surface area (Å²) in [4.78, 5) is 17.3. The molecule has 1 aromatic heterocycles. The van der Waals surface area contributed by atoms with Crippen molar-refractivity contribution in [3.63, 3.8) is 0 Å². The van der Waals surface area contributed by atoms with Crippen molar-refractivity contribution in [2.24, 2.45) is 11.8 Å². The second kappa shape index (κ2) is 8.47. The summed E-state index contributed by atoms with van der Waals surface area (Å²) in [7, 11) is -3.81. The maximum absolute atomic E-state index is 12.9. The summed E-state index contributed by atoms with van der Waals surface area (Å²) >= 11 is 1.45. The molecule has 0 spiro atoms. The van der Waals surface area contributed by atoms with Gasteiger partial charge in [0.1, 0.15) is 6.04 Å². The Balaban J connectivity index is 1.75. The van der Waals surface area contributed by atoms with Crippen LogP contribution in [0.15, 0.2) is 23.1 Å². The van der Waals surface area contributed by atoms with E-state index in [2.05, 4.69) is 21.9 Å². The third-order valence-corrected chi connectivity index (χ3v) is 7.74. The number of nitrogens with one attached hydrogen (secondary N) is 2. The second-order valence-corrected chi connectivity index (χ2v) is 11.1. The average molecular weight is 424 g/mol. The van der Waals surface area contributed by atoms with Crippen LogP contribution in [0.4, 0.5) is 0 Å². The van der Waals surface area contributed by atoms with E-state index in [1.165, 1.54) is 11.3 Å². The quantitative estimate of drug-likeness (QED) is 0.743. The van der Waals surface area contributed by atoms with Gasteiger partial charge in [0.25, 0.3) is 0 Å². The topological polar surface area (TPSA) is 88.2 Å². The number of nitrogens with zero attached hydrogens (tertiary/aromatic N) is 1. The third-order valence-electron chi connectivity index (χ3n) is 5.37. The number of carbonyl (C=O) groups excluding carboxylic acids is 1. The lowest BCUT2D eigenvalue weighted by Crippen LogP contribution is -2.52. The van der Waals surface area contributed by atoms with Crippen molar-refractivity contribution >= 4 is 37.5 Å². The highest BCUT2D eigenvalue weighted by Crippen LogP contribution is 2.26. The zero-order valence-corrected chi connectivity index (χ0v) is 18.5. The molecule has 3 rings (SSSR count). The molecule has 1 fully saturated rings. The van der Waals surface area contributed by atoms with Gasteiger partial charge in [-0.05, 0) is 62.6 Å². The minimum absolute atomic E-state index is 0.131. The number of sulfonamides is 1. The molecule has 2 N–H and O–H groups in total. The summed E-state index contributed by atoms with van der Waals surface area (Å²) in [5.74, 6) is 0.289. The molecular formula is C20H29N3O3S2. The van der Waals surface area contributed by atoms with Crippen LogP contribution in [0.2, 0.25) is 0 Å². The highest BCUT2D eigenvalue weighted by Gasteiger charge is 2.30. The highest BCUT2D eigenvalue weighted by atomic mass is 32.2. The molecule has 6 nitrogen and oxygen atoms in total. The van der Waals surface area contributed by atoms with Crippen LogP contribution in [-0.2, 0) is 14.8 Å². The molecule has 0 aliphatic heterocycles. The number of carbonyl (C=O) groups is 1. The Morgan fingerprint density at radius 3 is 2.54 bits per heavy atom. The first-order valence-electron chi connectivity index (χ1n) is 9.85. The van der Waals surface area contributed by atoms with E-state index in [1.807, 2.05) is 20.8 Å². The van der Waals surface area contributed by atoms with Crippen LogP contribution in [0.5, 0.6) is 0 Å². The maximum atomic E-state index is 12.9. The van der Waals surface area contributed by atoms with E-state index < -0.39 is 16.1 Å². The Hall–Kier alpha value is -1.51. The SMILES string of the molecule is Cc1nc2ccc(S(=O)(=O)N[C@H](C(=O)NC3CCC(C)CC3)C(C)C)cc2s1. The standard InChI is InChI=1S/C20H29N3O3S2/c1-12(2)19(20(24)22-15-7-5-13(3)6-8-15)23-28(25,26)16-9-10-17-18(11-16)27-14(4)21-17/h9-13,15,19,23H,5-8H2,1-4H3,(H,22,24)/t13?,15?,19-/m0/s1. The summed E-state index contributed by atoms with van der Waals surface area (Å²) in [6.45, 7) is 7.82. The predicted octanol–water partition coefficient (Wildman–Crippen LogP) is 3.60. The minimum atomic E-state index is -3.81. The molecule has 2 aromatic rings. The summed E-state index contributed by atoms with van der Waals surface area (Å²) in [6.07, 6.45) is 4.09. The van der Waals surface area contributed by atoms with Crippen LogP contribution in [0.1, 0.15) is 51.5 Å². The van der Waals surface area contributed by atoms with Gasteiger partial charge in [-0.2, -0.15) is 4.72 Å². The molecule has 1 saturated carbocycles. The fraction of sp³-hybridized carbons (Fsp3) is 0.600. The van der Waals surface area contributed by atoms with Crippen LogP contribution in [0, 0.1) is 18.8 Å². The molecule has 1 amide bonds. The molecule has 1 aliphatic carbocycles. The summed E-state index contributed by atoms with van der Waals surface area (Å²) in [5.41, 5.74) is 0.783. The Morgan fingerprint density at radius 1 is 1.21 bits per heavy atom. The van der Waals surface area contributed by atoms with E-state index in [0.717, 1.165) is 40.9 Å². The Morgan fingerprint density at radius 2 is 1.89 bits per heavy atom. The van der Waals surface area contributed by atoms with Gasteiger partial charge in [-0.15, -0.1) is 11.3 Å². The Kier molecular flexibility index (Phi) is 6.41. The monoisotopic (exact) mass is 423 g/mol. The fourth-order valence-electron chi connectivity index (χ4n) is 3.61. The van der Waals surface area contributed by atoms with Crippen LogP contribution in [0.3, 0.4) is 0 Å². The van der Waals surface area contributed by atoms with Crippen molar-refractivity contribution < 1.29 is 13.2 Å². The zero-order valence-electron chi connectivity index (χ0n) is 16.9. The van der Waals surface area contributed by atoms with E-state index >= 15 is 0 Å². The number of rotatable bonds is 6. The Bertz CT molecular complexity index is 945. The van der Waals surface area contributed by atoms with Gasteiger partial charge in [0, 0.05) is 6.04 Å². The first-order chi connectivity index (χ1) is 13.2. The van der Waals surface area contributed by atoms with Crippen molar-refractivity contribution in [2.45, 2.75) is 70.4 Å². The molecule has 154 valence electrons. The molecule has 0 bridgehead atoms. The van der Waals surface area contributed by atoms with Crippen molar-refractivity contribution in [1.29, 1.82) is 0 Å². The molecule has 1 aliphatic rings. The summed E-state index contributed by atoms with van der Waals surface area (Å²) in [5, 5.41) is 3.94. The van der Waals surface area contributed by atoms with Crippen molar-refractivity contribution in [2.75, 3.05) is 0 Å². The van der Waals surface area contributed by atoms with Gasteiger partial charge >= 0.3 is 0 Å². The van der Waals surface area contributed by atoms with Gasteiger partial charge < -0.3 is 5.32 Å². The van der Waals surface area contributed by atoms with E-state index in [4.69, 9.17) is 0 Å². The third kappa shape index (κ3) is 4.90. The lowest BCUT2D eigenvalue weighted by molar-refractivity contribution is -0.124. The van der Waals surface area contributed by atoms with E-state index in [-0.39, 0.29) is 22.8 Å². The molecule has 0 saturated heterocycles. The van der Waals surface area contributed by atoms with Gasteiger partial charge in [0.15, 0.2) is 0 Å². The second-order valence-electron chi connectivity index (χ2n) is 8.17. The highest BCUT2D eigenvalue weighted by molar-refractivity contribution is 7.89. The fourth-order valence-corrected chi connectivity index (χ4v) is 5.92. The van der Waals surface area contributed by atoms with Gasteiger partial charge in [-0.1, -0.05) is 20.8 Å². The van der Waals surface area contributed by atoms with Crippen LogP contribution in [0.25, 0.3) is 10.2 Å². The average Bonchev–Trinajstić information content (AvgIpc) is 3.00. The maximum Gasteiger partial charge on any atom is 0.241 e. The number of hydrogen-bond acceptors (Lipinski definition) is 5. The number of aryl methyl sites for hydroxylation is 1. The van der Waals surface area contributed by atoms with Gasteiger partial charge in [-0.25, -0.2) is 13.4 Å². The smallest absolute Gasteiger partial charge is 0.241 e. The van der Waals surface area contributed by atoms with Crippen LogP contribution >= 0.6 is 11.3 Å². The normalized spacial score (nSPS) is 21.8. The number of aromatic nitrogens is 1. The molecule has 8 heteroatoms. The molecule has 1 heterocycles. The van der Waals surface area contributed by atoms with Crippen molar-refractivity contribution in [1.82, 2.24) is 15.0 Å². The lowest BCUT2D eigenvalue weighted by atomic mass is 9.87. The molecular weight excluding hydrogens is 394 g/mol. The molecule has 1 atom stereocenters. The number of benzene rings is 1. The number of thiazole rings is 1. The molecule has 1 aromatic carbocycles. The van der Waals surface area contributed by atoms with Crippen molar-refractivity contribution in [3.8, 4) is 0 Å². The number of hydrogen-bond donors (Lipinski definition) is 2. The first-order valence-corrected chi connectivity index (χ1v) is 12.2. The Labute approximate surface area is 171 Å². The molecule has 0 unspecified atom stereocenters. The van der Waals surface area contributed by atoms with E-state index in [9.17, 15) is 13.2 Å². The molecule has 28 heavy (non-hydrogen) atoms. The zero-order chi connectivity index (χ0) is 20.5. The number of fused-ring (bicyclic) bond motifs is 1. The predicted molar refractivity (Wildman–Crippen MR) is 113 cm³/mol. The largest absolute Gasteiger partial charge is 0.352 e.